The first kappa shape index (κ1) is 11.0. The zero-order valence-corrected chi connectivity index (χ0v) is 8.54. The molecule has 11 heavy (non-hydrogen) atoms. The Kier molecular flexibility index (Phi) is 5.57. The lowest BCUT2D eigenvalue weighted by atomic mass is 9.82. The van der Waals surface area contributed by atoms with Gasteiger partial charge in [0.25, 0.3) is 0 Å². The van der Waals surface area contributed by atoms with E-state index in [0.29, 0.717) is 5.41 Å². The van der Waals surface area contributed by atoms with Crippen molar-refractivity contribution in [1.82, 2.24) is 5.32 Å². The van der Waals surface area contributed by atoms with Crippen molar-refractivity contribution < 1.29 is 0 Å². The smallest absolute Gasteiger partial charge is 0.000808 e. The number of hydrogen-bond donors (Lipinski definition) is 1. The Morgan fingerprint density at radius 1 is 1.18 bits per heavy atom. The second-order valence-electron chi connectivity index (χ2n) is 3.13. The van der Waals surface area contributed by atoms with Gasteiger partial charge in [0.2, 0.25) is 0 Å². The maximum Gasteiger partial charge on any atom is 0.000808 e. The van der Waals surface area contributed by atoms with Crippen LogP contribution in [0.2, 0.25) is 0 Å². The van der Waals surface area contributed by atoms with Gasteiger partial charge in [0, 0.05) is 6.54 Å². The summed E-state index contributed by atoms with van der Waals surface area (Å²) in [4.78, 5) is 0. The van der Waals surface area contributed by atoms with Crippen molar-refractivity contribution >= 4 is 0 Å². The van der Waals surface area contributed by atoms with Crippen LogP contribution in [0.3, 0.4) is 0 Å². The summed E-state index contributed by atoms with van der Waals surface area (Å²) in [6, 6.07) is 0. The van der Waals surface area contributed by atoms with E-state index in [4.69, 9.17) is 0 Å². The second kappa shape index (κ2) is 5.59. The number of hydrogen-bond acceptors (Lipinski definition) is 1. The highest BCUT2D eigenvalue weighted by Crippen LogP contribution is 2.32. The van der Waals surface area contributed by atoms with Crippen molar-refractivity contribution in [2.75, 3.05) is 13.1 Å². The molecule has 1 fully saturated rings. The number of rotatable bonds is 2. The third-order valence-corrected chi connectivity index (χ3v) is 2.83. The summed E-state index contributed by atoms with van der Waals surface area (Å²) in [5.41, 5.74) is 0.667. The monoisotopic (exact) mass is 157 g/mol. The lowest BCUT2D eigenvalue weighted by Gasteiger charge is -2.23. The molecule has 0 aromatic carbocycles. The number of nitrogens with one attached hydrogen (secondary N) is 1. The van der Waals surface area contributed by atoms with E-state index in [0.717, 1.165) is 0 Å². The molecule has 1 aliphatic heterocycles. The van der Waals surface area contributed by atoms with Crippen LogP contribution in [-0.2, 0) is 0 Å². The Morgan fingerprint density at radius 2 is 1.73 bits per heavy atom. The molecular formula is C10H23N. The van der Waals surface area contributed by atoms with Crippen LogP contribution in [0.15, 0.2) is 0 Å². The van der Waals surface area contributed by atoms with Crippen LogP contribution in [-0.4, -0.2) is 13.1 Å². The van der Waals surface area contributed by atoms with Crippen LogP contribution in [0.5, 0.6) is 0 Å². The Labute approximate surface area is 71.6 Å². The van der Waals surface area contributed by atoms with Gasteiger partial charge in [0.1, 0.15) is 0 Å². The summed E-state index contributed by atoms with van der Waals surface area (Å²) in [6.45, 7) is 11.1. The van der Waals surface area contributed by atoms with E-state index < -0.39 is 0 Å². The normalized spacial score (nSPS) is 20.7. The Morgan fingerprint density at radius 3 is 1.91 bits per heavy atom. The topological polar surface area (TPSA) is 12.0 Å². The molecule has 0 radical (unpaired) electrons. The predicted octanol–water partition coefficient (Wildman–Crippen LogP) is 2.81. The maximum atomic E-state index is 3.42. The van der Waals surface area contributed by atoms with Crippen molar-refractivity contribution in [2.24, 2.45) is 5.41 Å². The van der Waals surface area contributed by atoms with E-state index in [-0.39, 0.29) is 0 Å². The first-order valence-electron chi connectivity index (χ1n) is 5.04. The molecule has 1 rings (SSSR count). The van der Waals surface area contributed by atoms with Crippen LogP contribution in [0.1, 0.15) is 47.0 Å². The van der Waals surface area contributed by atoms with E-state index >= 15 is 0 Å². The molecule has 0 spiro atoms. The quantitative estimate of drug-likeness (QED) is 0.650. The molecule has 1 heterocycles. The molecule has 1 aliphatic rings. The maximum absolute atomic E-state index is 3.42. The zero-order valence-electron chi connectivity index (χ0n) is 8.54. The molecular weight excluding hydrogens is 134 g/mol. The SMILES string of the molecule is CC.CCC1(CC)CCNC1. The van der Waals surface area contributed by atoms with Crippen molar-refractivity contribution in [3.05, 3.63) is 0 Å². The average Bonchev–Trinajstić information content (AvgIpc) is 2.57. The Balaban J connectivity index is 0.000000461. The molecule has 0 atom stereocenters. The summed E-state index contributed by atoms with van der Waals surface area (Å²) in [5, 5.41) is 3.42. The van der Waals surface area contributed by atoms with Crippen molar-refractivity contribution in [3.8, 4) is 0 Å². The van der Waals surface area contributed by atoms with Crippen molar-refractivity contribution in [3.63, 3.8) is 0 Å². The van der Waals surface area contributed by atoms with Crippen LogP contribution in [0, 0.1) is 5.41 Å². The molecule has 0 saturated carbocycles. The summed E-state index contributed by atoms with van der Waals surface area (Å²) >= 11 is 0. The van der Waals surface area contributed by atoms with Gasteiger partial charge in [-0.3, -0.25) is 0 Å². The van der Waals surface area contributed by atoms with Crippen LogP contribution >= 0.6 is 0 Å². The summed E-state index contributed by atoms with van der Waals surface area (Å²) in [5.74, 6) is 0. The van der Waals surface area contributed by atoms with Gasteiger partial charge in [0.15, 0.2) is 0 Å². The van der Waals surface area contributed by atoms with E-state index in [2.05, 4.69) is 19.2 Å². The highest BCUT2D eigenvalue weighted by molar-refractivity contribution is 4.84. The fourth-order valence-electron chi connectivity index (χ4n) is 1.65. The second-order valence-corrected chi connectivity index (χ2v) is 3.13. The van der Waals surface area contributed by atoms with Gasteiger partial charge in [0.05, 0.1) is 0 Å². The highest BCUT2D eigenvalue weighted by atomic mass is 14.9. The Bertz CT molecular complexity index is 76.9. The molecule has 0 unspecified atom stereocenters. The van der Waals surface area contributed by atoms with Gasteiger partial charge >= 0.3 is 0 Å². The van der Waals surface area contributed by atoms with Gasteiger partial charge in [-0.2, -0.15) is 0 Å². The zero-order chi connectivity index (χ0) is 8.74. The highest BCUT2D eigenvalue weighted by Gasteiger charge is 2.29. The van der Waals surface area contributed by atoms with Crippen LogP contribution in [0.4, 0.5) is 0 Å². The fraction of sp³-hybridized carbons (Fsp3) is 1.00. The minimum absolute atomic E-state index is 0.667. The van der Waals surface area contributed by atoms with Crippen LogP contribution in [0.25, 0.3) is 0 Å². The van der Waals surface area contributed by atoms with E-state index in [9.17, 15) is 0 Å². The van der Waals surface area contributed by atoms with E-state index in [1.54, 1.807) is 0 Å². The van der Waals surface area contributed by atoms with Gasteiger partial charge in [-0.25, -0.2) is 0 Å². The fourth-order valence-corrected chi connectivity index (χ4v) is 1.65. The summed E-state index contributed by atoms with van der Waals surface area (Å²) in [6.07, 6.45) is 4.08. The van der Waals surface area contributed by atoms with Gasteiger partial charge in [-0.05, 0) is 31.2 Å². The van der Waals surface area contributed by atoms with Gasteiger partial charge < -0.3 is 5.32 Å². The van der Waals surface area contributed by atoms with E-state index in [1.165, 1.54) is 32.4 Å². The van der Waals surface area contributed by atoms with Gasteiger partial charge in [-0.15, -0.1) is 0 Å². The Hall–Kier alpha value is -0.0400. The standard InChI is InChI=1S/C8H17N.C2H6/c1-3-8(4-2)5-6-9-7-8;1-2/h9H,3-7H2,1-2H3;1-2H3. The molecule has 0 aromatic heterocycles. The molecule has 1 nitrogen and oxygen atoms in total. The summed E-state index contributed by atoms with van der Waals surface area (Å²) < 4.78 is 0. The minimum Gasteiger partial charge on any atom is -0.316 e. The first-order chi connectivity index (χ1) is 5.33. The molecule has 0 bridgehead atoms. The lowest BCUT2D eigenvalue weighted by Crippen LogP contribution is -2.21. The molecule has 0 amide bonds. The average molecular weight is 157 g/mol. The largest absolute Gasteiger partial charge is 0.316 e. The lowest BCUT2D eigenvalue weighted by molar-refractivity contribution is 0.297. The molecule has 68 valence electrons. The van der Waals surface area contributed by atoms with E-state index in [1.807, 2.05) is 13.8 Å². The molecule has 1 N–H and O–H groups in total. The summed E-state index contributed by atoms with van der Waals surface area (Å²) in [7, 11) is 0. The van der Waals surface area contributed by atoms with Gasteiger partial charge in [-0.1, -0.05) is 27.7 Å². The van der Waals surface area contributed by atoms with Crippen LogP contribution < -0.4 is 5.32 Å². The molecule has 0 aliphatic carbocycles. The molecule has 1 heteroatoms. The molecule has 0 aromatic rings. The van der Waals surface area contributed by atoms with Crippen molar-refractivity contribution in [2.45, 2.75) is 47.0 Å². The molecule has 1 saturated heterocycles. The third-order valence-electron chi connectivity index (χ3n) is 2.83. The predicted molar refractivity (Wildman–Crippen MR) is 51.8 cm³/mol. The minimum atomic E-state index is 0.667. The third kappa shape index (κ3) is 2.82. The first-order valence-corrected chi connectivity index (χ1v) is 5.04. The van der Waals surface area contributed by atoms with Crippen molar-refractivity contribution in [1.29, 1.82) is 0 Å².